The van der Waals surface area contributed by atoms with Crippen LogP contribution in [0.5, 0.6) is 0 Å². The number of benzene rings is 2. The molecule has 0 aliphatic carbocycles. The molecule has 0 saturated carbocycles. The topological polar surface area (TPSA) is 423 Å². The summed E-state index contributed by atoms with van der Waals surface area (Å²) in [4.78, 5) is 149. The van der Waals surface area contributed by atoms with Crippen molar-refractivity contribution >= 4 is 87.8 Å². The molecule has 5 heterocycles. The standard InChI is InChI=1S/C63H89FN16O14S/c1-36(2)27-44-58(86)68-37(3)57(85)71-46(29-39-32-79(4)50-13-6-5-11-42(39)50)60(88)73-45(28-38-16-18-40(64)19-17-38)59(87)70-43(56(66)84)12-9-10-21-80-33-41(77-78-80)30-47(61(89)74-48(31-52(65)81)62(90)72-44)69-54(83)34-94-26-25-93-24-23-92-22-20-67-53(82)15-8-7-14-51-55-49(35-95-51)75-63(91)76-55/h5-6,11,13,16-19,32-33,36-37,43-49,51,55H,7-10,12,14-15,20-31,34-35H2,1-4H3,(H2,65,81)(H2,66,84)(H,67,82)(H,68,86)(H,69,83)(H,70,87)(H,71,85)(H,72,90)(H,73,88)(H,74,89)(H2,75,76,91)/t37-,43+,44-,45+,46+,47+,48-,49-,51-,55-/m1/s1. The molecule has 2 saturated heterocycles. The van der Waals surface area contributed by atoms with E-state index in [0.29, 0.717) is 42.2 Å². The minimum absolute atomic E-state index is 0.0105. The van der Waals surface area contributed by atoms with Gasteiger partial charge in [0.15, 0.2) is 0 Å². The molecule has 3 aliphatic rings. The Morgan fingerprint density at radius 3 is 2.13 bits per heavy atom. The number of nitrogens with two attached hydrogens (primary N) is 2. The van der Waals surface area contributed by atoms with Crippen molar-refractivity contribution in [2.75, 3.05) is 51.9 Å². The highest BCUT2D eigenvalue weighted by Gasteiger charge is 2.43. The molecular weight excluding hydrogens is 1260 g/mol. The van der Waals surface area contributed by atoms with Crippen LogP contribution in [0, 0.1) is 11.7 Å². The number of ether oxygens (including phenoxy) is 3. The number of aryl methyl sites for hydroxylation is 2. The smallest absolute Gasteiger partial charge is 0.315 e. The molecule has 14 N–H and O–H groups in total. The van der Waals surface area contributed by atoms with E-state index in [0.717, 1.165) is 35.9 Å². The number of hydrogen-bond donors (Lipinski definition) is 12. The number of nitrogens with zero attached hydrogens (tertiary/aromatic N) is 4. The molecule has 4 aromatic rings. The van der Waals surface area contributed by atoms with E-state index in [-0.39, 0.29) is 107 Å². The molecule has 3 aliphatic heterocycles. The zero-order valence-electron chi connectivity index (χ0n) is 53.9. The Balaban J connectivity index is 0.995. The lowest BCUT2D eigenvalue weighted by molar-refractivity contribution is -0.136. The van der Waals surface area contributed by atoms with E-state index in [1.165, 1.54) is 42.1 Å². The van der Waals surface area contributed by atoms with E-state index < -0.39 is 114 Å². The molecule has 7 rings (SSSR count). The first-order chi connectivity index (χ1) is 45.5. The maximum Gasteiger partial charge on any atom is 0.315 e. The van der Waals surface area contributed by atoms with Gasteiger partial charge < -0.3 is 83.4 Å². The number of primary amides is 2. The molecule has 2 aromatic heterocycles. The number of nitrogens with one attached hydrogen (secondary N) is 10. The summed E-state index contributed by atoms with van der Waals surface area (Å²) < 4.78 is 34.1. The van der Waals surface area contributed by atoms with Crippen molar-refractivity contribution in [2.24, 2.45) is 24.4 Å². The van der Waals surface area contributed by atoms with Gasteiger partial charge >= 0.3 is 6.03 Å². The maximum atomic E-state index is 14.7. The predicted octanol–water partition coefficient (Wildman–Crippen LogP) is -1.17. The first-order valence-electron chi connectivity index (χ1n) is 32.0. The van der Waals surface area contributed by atoms with Crippen LogP contribution in [0.2, 0.25) is 0 Å². The fourth-order valence-corrected chi connectivity index (χ4v) is 12.8. The summed E-state index contributed by atoms with van der Waals surface area (Å²) in [5.41, 5.74) is 13.5. The highest BCUT2D eigenvalue weighted by molar-refractivity contribution is 8.00. The van der Waals surface area contributed by atoms with Gasteiger partial charge in [0.05, 0.1) is 57.2 Å². The number of amides is 12. The van der Waals surface area contributed by atoms with Crippen molar-refractivity contribution < 1.29 is 71.3 Å². The van der Waals surface area contributed by atoms with E-state index in [1.807, 2.05) is 47.6 Å². The molecular formula is C63H89FN16O14S. The third-order valence-corrected chi connectivity index (χ3v) is 17.7. The Bertz CT molecular complexity index is 3320. The molecule has 0 radical (unpaired) electrons. The Kier molecular flexibility index (Phi) is 28.5. The van der Waals surface area contributed by atoms with Crippen LogP contribution in [-0.2, 0) is 95.0 Å². The molecule has 518 valence electrons. The van der Waals surface area contributed by atoms with Gasteiger partial charge in [-0.15, -0.1) is 5.10 Å². The van der Waals surface area contributed by atoms with Gasteiger partial charge in [-0.05, 0) is 80.7 Å². The number of fused-ring (bicyclic) bond motifs is 4. The zero-order valence-corrected chi connectivity index (χ0v) is 54.7. The minimum atomic E-state index is -1.70. The lowest BCUT2D eigenvalue weighted by atomic mass is 10.0. The third kappa shape index (κ3) is 23.6. The number of carbonyl (C=O) groups is 11. The summed E-state index contributed by atoms with van der Waals surface area (Å²) in [5, 5.41) is 36.6. The lowest BCUT2D eigenvalue weighted by Crippen LogP contribution is -2.60. The van der Waals surface area contributed by atoms with E-state index in [2.05, 4.69) is 63.5 Å². The number of urea groups is 1. The van der Waals surface area contributed by atoms with Crippen molar-refractivity contribution in [1.29, 1.82) is 0 Å². The average molecular weight is 1350 g/mol. The van der Waals surface area contributed by atoms with Crippen LogP contribution in [0.1, 0.15) is 95.4 Å². The van der Waals surface area contributed by atoms with Crippen LogP contribution in [-0.4, -0.2) is 196 Å². The first kappa shape index (κ1) is 73.7. The van der Waals surface area contributed by atoms with Crippen LogP contribution in [0.15, 0.2) is 60.9 Å². The number of carbonyl (C=O) groups excluding carboxylic acids is 11. The van der Waals surface area contributed by atoms with Gasteiger partial charge in [-0.2, -0.15) is 11.8 Å². The molecule has 0 unspecified atom stereocenters. The molecule has 12 amide bonds. The van der Waals surface area contributed by atoms with E-state index in [9.17, 15) is 57.1 Å². The average Bonchev–Trinajstić information content (AvgIpc) is 1.70. The second-order valence-corrected chi connectivity index (χ2v) is 25.6. The Morgan fingerprint density at radius 2 is 1.39 bits per heavy atom. The van der Waals surface area contributed by atoms with Gasteiger partial charge in [0, 0.05) is 80.1 Å². The normalized spacial score (nSPS) is 23.6. The minimum Gasteiger partial charge on any atom is -0.377 e. The Hall–Kier alpha value is -8.75. The van der Waals surface area contributed by atoms with Crippen molar-refractivity contribution in [3.8, 4) is 0 Å². The summed E-state index contributed by atoms with van der Waals surface area (Å²) in [5.74, 6) is -7.96. The van der Waals surface area contributed by atoms with Crippen molar-refractivity contribution in [3.05, 3.63) is 83.6 Å². The Labute approximate surface area is 553 Å². The van der Waals surface area contributed by atoms with Gasteiger partial charge in [0.2, 0.25) is 59.1 Å². The number of unbranched alkanes of at least 4 members (excludes halogenated alkanes) is 1. The molecule has 95 heavy (non-hydrogen) atoms. The second kappa shape index (κ2) is 36.8. The Morgan fingerprint density at radius 1 is 0.726 bits per heavy atom. The third-order valence-electron chi connectivity index (χ3n) is 16.2. The summed E-state index contributed by atoms with van der Waals surface area (Å²) in [6, 6.07) is 2.77. The zero-order chi connectivity index (χ0) is 68.6. The monoisotopic (exact) mass is 1340 g/mol. The van der Waals surface area contributed by atoms with Crippen LogP contribution in [0.25, 0.3) is 10.9 Å². The predicted molar refractivity (Wildman–Crippen MR) is 345 cm³/mol. The summed E-state index contributed by atoms with van der Waals surface area (Å²) in [6.07, 6.45) is 5.52. The fourth-order valence-electron chi connectivity index (χ4n) is 11.3. The van der Waals surface area contributed by atoms with E-state index >= 15 is 0 Å². The van der Waals surface area contributed by atoms with Gasteiger partial charge in [0.1, 0.15) is 54.7 Å². The van der Waals surface area contributed by atoms with Crippen LogP contribution in [0.4, 0.5) is 9.18 Å². The summed E-state index contributed by atoms with van der Waals surface area (Å²) >= 11 is 1.84. The SMILES string of the molecule is CC(C)C[C@H]1NC(=O)[C@@H](CC(N)=O)NC(=O)[C@@H](NC(=O)COCCOCCOCCNC(=O)CCCC[C@H]2SC[C@H]3NC(=O)N[C@H]32)Cc2cn(nn2)CCCC[C@@H](C(N)=O)NC(=O)[C@H](Cc2ccc(F)cc2)NC(=O)[C@H](Cc2cn(C)c3ccccc23)NC(=O)[C@@H](C)NC1=O. The quantitative estimate of drug-likeness (QED) is 0.0260. The highest BCUT2D eigenvalue weighted by atomic mass is 32.2. The van der Waals surface area contributed by atoms with Crippen LogP contribution < -0.4 is 64.6 Å². The number of hydrogen-bond acceptors (Lipinski definition) is 17. The molecule has 2 bridgehead atoms. The molecule has 2 aromatic carbocycles. The molecule has 10 atom stereocenters. The summed E-state index contributed by atoms with van der Waals surface area (Å²) in [6.45, 7) is 5.56. The fraction of sp³-hybridized carbons (Fsp3) is 0.571. The number of thioether (sulfide) groups is 1. The van der Waals surface area contributed by atoms with Crippen molar-refractivity contribution in [1.82, 2.24) is 72.7 Å². The van der Waals surface area contributed by atoms with Gasteiger partial charge in [-0.1, -0.05) is 55.8 Å². The van der Waals surface area contributed by atoms with Crippen molar-refractivity contribution in [3.63, 3.8) is 0 Å². The lowest BCUT2D eigenvalue weighted by Gasteiger charge is -2.27. The number of para-hydroxylation sites is 1. The molecule has 32 heteroatoms. The molecule has 30 nitrogen and oxygen atoms in total. The van der Waals surface area contributed by atoms with E-state index in [1.54, 1.807) is 20.0 Å². The van der Waals surface area contributed by atoms with Crippen LogP contribution in [0.3, 0.4) is 0 Å². The van der Waals surface area contributed by atoms with E-state index in [4.69, 9.17) is 25.7 Å². The van der Waals surface area contributed by atoms with Gasteiger partial charge in [-0.25, -0.2) is 9.18 Å². The number of aromatic nitrogens is 4. The van der Waals surface area contributed by atoms with Crippen LogP contribution >= 0.6 is 11.8 Å². The highest BCUT2D eigenvalue weighted by Crippen LogP contribution is 2.33. The molecule has 0 spiro atoms. The molecule has 2 fully saturated rings. The largest absolute Gasteiger partial charge is 0.377 e. The number of halogens is 1. The maximum absolute atomic E-state index is 14.7. The van der Waals surface area contributed by atoms with Crippen molar-refractivity contribution in [2.45, 2.75) is 164 Å². The second-order valence-electron chi connectivity index (χ2n) is 24.3. The number of rotatable bonds is 26. The van der Waals surface area contributed by atoms with Gasteiger partial charge in [0.25, 0.3) is 0 Å². The summed E-state index contributed by atoms with van der Waals surface area (Å²) in [7, 11) is 1.81. The van der Waals surface area contributed by atoms with Gasteiger partial charge in [-0.3, -0.25) is 52.6 Å². The first-order valence-corrected chi connectivity index (χ1v) is 33.1.